The van der Waals surface area contributed by atoms with Gasteiger partial charge >= 0.3 is 5.97 Å². The number of rotatable bonds is 4. The first-order valence-electron chi connectivity index (χ1n) is 8.42. The summed E-state index contributed by atoms with van der Waals surface area (Å²) >= 11 is 0. The summed E-state index contributed by atoms with van der Waals surface area (Å²) < 4.78 is 0. The normalized spacial score (nSPS) is 17.6. The Morgan fingerprint density at radius 2 is 1.92 bits per heavy atom. The number of aromatic carboxylic acids is 1. The Hall–Kier alpha value is -2.23. The monoisotopic (exact) mass is 330 g/mol. The van der Waals surface area contributed by atoms with E-state index in [9.17, 15) is 20.1 Å². The Morgan fingerprint density at radius 3 is 2.46 bits per heavy atom. The van der Waals surface area contributed by atoms with Gasteiger partial charge in [-0.1, -0.05) is 36.1 Å². The fraction of sp³-hybridized carbons (Fsp3) is 0.450. The van der Waals surface area contributed by atoms with Crippen molar-refractivity contribution in [1.82, 2.24) is 0 Å². The van der Waals surface area contributed by atoms with Crippen LogP contribution in [-0.4, -0.2) is 21.3 Å². The molecule has 1 aromatic rings. The highest BCUT2D eigenvalue weighted by Gasteiger charge is 2.29. The molecular formula is C20H26O4. The number of aromatic hydroxyl groups is 2. The second kappa shape index (κ2) is 7.12. The molecule has 2 rings (SSSR count). The molecule has 4 heteroatoms. The number of hydrogen-bond donors (Lipinski definition) is 3. The van der Waals surface area contributed by atoms with Gasteiger partial charge in [-0.2, -0.15) is 0 Å². The average molecular weight is 330 g/mol. The fourth-order valence-electron chi connectivity index (χ4n) is 3.51. The second-order valence-electron chi connectivity index (χ2n) is 6.76. The van der Waals surface area contributed by atoms with E-state index in [1.54, 1.807) is 0 Å². The average Bonchev–Trinajstić information content (AvgIpc) is 2.46. The van der Waals surface area contributed by atoms with Gasteiger partial charge in [0.05, 0.1) is 0 Å². The summed E-state index contributed by atoms with van der Waals surface area (Å²) in [4.78, 5) is 11.7. The molecule has 0 amide bonds. The Labute approximate surface area is 143 Å². The number of hydrogen-bond acceptors (Lipinski definition) is 3. The molecule has 130 valence electrons. The van der Waals surface area contributed by atoms with E-state index in [-0.39, 0.29) is 23.0 Å². The van der Waals surface area contributed by atoms with Gasteiger partial charge in [0.1, 0.15) is 17.1 Å². The van der Waals surface area contributed by atoms with Gasteiger partial charge in [-0.25, -0.2) is 4.79 Å². The van der Waals surface area contributed by atoms with Crippen molar-refractivity contribution < 1.29 is 20.1 Å². The number of carboxylic acid groups (broad SMARTS) is 1. The Kier molecular flexibility index (Phi) is 5.37. The van der Waals surface area contributed by atoms with Crippen molar-refractivity contribution in [2.75, 3.05) is 0 Å². The SMILES string of the molecule is CCCc1cc(O)c(C2C=C(C)CCC2=C(C)C)c(O)c1C(=O)O. The van der Waals surface area contributed by atoms with E-state index in [1.807, 2.05) is 33.8 Å². The smallest absolute Gasteiger partial charge is 0.339 e. The molecule has 0 bridgehead atoms. The first-order valence-corrected chi connectivity index (χ1v) is 8.42. The largest absolute Gasteiger partial charge is 0.507 e. The van der Waals surface area contributed by atoms with Crippen LogP contribution in [0.3, 0.4) is 0 Å². The molecule has 1 atom stereocenters. The number of carbonyl (C=O) groups is 1. The van der Waals surface area contributed by atoms with Gasteiger partial charge in [0, 0.05) is 11.5 Å². The highest BCUT2D eigenvalue weighted by molar-refractivity contribution is 5.94. The Balaban J connectivity index is 2.74. The van der Waals surface area contributed by atoms with Gasteiger partial charge in [0.2, 0.25) is 0 Å². The van der Waals surface area contributed by atoms with Gasteiger partial charge in [-0.15, -0.1) is 0 Å². The maximum atomic E-state index is 11.7. The van der Waals surface area contributed by atoms with Crippen LogP contribution in [-0.2, 0) is 6.42 Å². The van der Waals surface area contributed by atoms with Gasteiger partial charge in [-0.3, -0.25) is 0 Å². The first kappa shape index (κ1) is 18.1. The third-order valence-corrected chi connectivity index (χ3v) is 4.70. The topological polar surface area (TPSA) is 77.8 Å². The highest BCUT2D eigenvalue weighted by atomic mass is 16.4. The summed E-state index contributed by atoms with van der Waals surface area (Å²) in [7, 11) is 0. The predicted molar refractivity (Wildman–Crippen MR) is 94.8 cm³/mol. The maximum absolute atomic E-state index is 11.7. The summed E-state index contributed by atoms with van der Waals surface area (Å²) in [6.07, 6.45) is 5.05. The molecule has 24 heavy (non-hydrogen) atoms. The molecule has 1 unspecified atom stereocenters. The van der Waals surface area contributed by atoms with Gasteiger partial charge in [-0.05, 0) is 51.7 Å². The molecule has 0 fully saturated rings. The van der Waals surface area contributed by atoms with Crippen LogP contribution in [0.25, 0.3) is 0 Å². The fourth-order valence-corrected chi connectivity index (χ4v) is 3.51. The summed E-state index contributed by atoms with van der Waals surface area (Å²) in [5, 5.41) is 30.8. The molecule has 0 radical (unpaired) electrons. The lowest BCUT2D eigenvalue weighted by molar-refractivity contribution is 0.0692. The minimum atomic E-state index is -1.16. The molecule has 0 saturated heterocycles. The van der Waals surface area contributed by atoms with Crippen molar-refractivity contribution in [2.24, 2.45) is 0 Å². The standard InChI is InChI=1S/C20H26O4/c1-5-6-13-10-16(21)18(19(22)17(13)20(23)24)15-9-12(4)7-8-14(15)11(2)3/h9-10,15,21-22H,5-8H2,1-4H3,(H,23,24). The molecular weight excluding hydrogens is 304 g/mol. The molecule has 0 aliphatic heterocycles. The predicted octanol–water partition coefficient (Wildman–Crippen LogP) is 4.91. The van der Waals surface area contributed by atoms with Crippen LogP contribution >= 0.6 is 0 Å². The van der Waals surface area contributed by atoms with Crippen molar-refractivity contribution >= 4 is 5.97 Å². The number of aryl methyl sites for hydroxylation is 1. The van der Waals surface area contributed by atoms with Crippen LogP contribution in [0.4, 0.5) is 0 Å². The molecule has 0 aromatic heterocycles. The molecule has 0 spiro atoms. The van der Waals surface area contributed by atoms with E-state index < -0.39 is 5.97 Å². The van der Waals surface area contributed by atoms with Gasteiger partial charge < -0.3 is 15.3 Å². The summed E-state index contributed by atoms with van der Waals surface area (Å²) in [5.41, 5.74) is 4.14. The quantitative estimate of drug-likeness (QED) is 0.686. The van der Waals surface area contributed by atoms with E-state index in [0.29, 0.717) is 17.5 Å². The van der Waals surface area contributed by atoms with E-state index in [0.717, 1.165) is 30.4 Å². The number of carboxylic acids is 1. The number of allylic oxidation sites excluding steroid dienone is 4. The van der Waals surface area contributed by atoms with E-state index >= 15 is 0 Å². The third-order valence-electron chi connectivity index (χ3n) is 4.70. The molecule has 4 nitrogen and oxygen atoms in total. The minimum Gasteiger partial charge on any atom is -0.507 e. The first-order chi connectivity index (χ1) is 11.3. The number of phenolic OH excluding ortho intramolecular Hbond substituents is 1. The van der Waals surface area contributed by atoms with E-state index in [4.69, 9.17) is 0 Å². The summed E-state index contributed by atoms with van der Waals surface area (Å²) in [5.74, 6) is -1.78. The molecule has 0 heterocycles. The zero-order valence-electron chi connectivity index (χ0n) is 14.8. The zero-order valence-corrected chi connectivity index (χ0v) is 14.8. The molecule has 1 aromatic carbocycles. The minimum absolute atomic E-state index is 0.0318. The van der Waals surface area contributed by atoms with E-state index in [2.05, 4.69) is 0 Å². The molecule has 1 aliphatic carbocycles. The van der Waals surface area contributed by atoms with Crippen LogP contribution < -0.4 is 0 Å². The molecule has 3 N–H and O–H groups in total. The van der Waals surface area contributed by atoms with Crippen LogP contribution in [0.5, 0.6) is 11.5 Å². The molecule has 0 saturated carbocycles. The highest BCUT2D eigenvalue weighted by Crippen LogP contribution is 2.46. The zero-order chi connectivity index (χ0) is 18.0. The summed E-state index contributed by atoms with van der Waals surface area (Å²) in [6.45, 7) is 7.97. The second-order valence-corrected chi connectivity index (χ2v) is 6.76. The maximum Gasteiger partial charge on any atom is 0.339 e. The van der Waals surface area contributed by atoms with Gasteiger partial charge in [0.15, 0.2) is 0 Å². The lowest BCUT2D eigenvalue weighted by Gasteiger charge is -2.27. The third kappa shape index (κ3) is 3.32. The van der Waals surface area contributed by atoms with Crippen LogP contribution in [0.15, 0.2) is 28.9 Å². The number of phenols is 2. The Bertz CT molecular complexity index is 722. The van der Waals surface area contributed by atoms with Crippen molar-refractivity contribution in [3.8, 4) is 11.5 Å². The lowest BCUT2D eigenvalue weighted by atomic mass is 9.78. The van der Waals surface area contributed by atoms with E-state index in [1.165, 1.54) is 11.6 Å². The van der Waals surface area contributed by atoms with Crippen LogP contribution in [0.2, 0.25) is 0 Å². The number of benzene rings is 1. The summed E-state index contributed by atoms with van der Waals surface area (Å²) in [6, 6.07) is 1.50. The lowest BCUT2D eigenvalue weighted by Crippen LogP contribution is -2.11. The molecule has 1 aliphatic rings. The van der Waals surface area contributed by atoms with Crippen LogP contribution in [0, 0.1) is 0 Å². The van der Waals surface area contributed by atoms with Crippen LogP contribution in [0.1, 0.15) is 74.4 Å². The Morgan fingerprint density at radius 1 is 1.25 bits per heavy atom. The van der Waals surface area contributed by atoms with Crippen molar-refractivity contribution in [3.05, 3.63) is 45.6 Å². The van der Waals surface area contributed by atoms with Crippen molar-refractivity contribution in [1.29, 1.82) is 0 Å². The van der Waals surface area contributed by atoms with Crippen molar-refractivity contribution in [3.63, 3.8) is 0 Å². The van der Waals surface area contributed by atoms with Gasteiger partial charge in [0.25, 0.3) is 0 Å². The van der Waals surface area contributed by atoms with Crippen molar-refractivity contribution in [2.45, 2.75) is 59.3 Å².